The molecule has 0 saturated carbocycles. The lowest BCUT2D eigenvalue weighted by atomic mass is 10.0. The lowest BCUT2D eigenvalue weighted by molar-refractivity contribution is 0.0693. The van der Waals surface area contributed by atoms with Crippen LogP contribution in [0.2, 0.25) is 0 Å². The molecule has 2 aromatic heterocycles. The summed E-state index contributed by atoms with van der Waals surface area (Å²) < 4.78 is 15.1. The van der Waals surface area contributed by atoms with Crippen molar-refractivity contribution in [2.75, 3.05) is 7.05 Å². The topological polar surface area (TPSA) is 68.1 Å². The van der Waals surface area contributed by atoms with Crippen molar-refractivity contribution in [3.8, 4) is 16.9 Å². The van der Waals surface area contributed by atoms with E-state index in [4.69, 9.17) is 0 Å². The van der Waals surface area contributed by atoms with Gasteiger partial charge >= 0.3 is 0 Å². The summed E-state index contributed by atoms with van der Waals surface area (Å²) in [4.78, 5) is 30.7. The number of para-hydroxylation sites is 1. The summed E-state index contributed by atoms with van der Waals surface area (Å²) in [5.74, 6) is -1.17. The Morgan fingerprint density at radius 2 is 1.64 bits per heavy atom. The first kappa shape index (κ1) is 16.3. The number of benzene rings is 2. The van der Waals surface area contributed by atoms with E-state index in [1.807, 2.05) is 30.3 Å². The molecule has 0 saturated heterocycles. The van der Waals surface area contributed by atoms with Gasteiger partial charge in [-0.05, 0) is 36.4 Å². The van der Waals surface area contributed by atoms with Crippen molar-refractivity contribution < 1.29 is 14.0 Å². The van der Waals surface area contributed by atoms with Crippen LogP contribution in [0.4, 0.5) is 4.39 Å². The van der Waals surface area contributed by atoms with Crippen LogP contribution in [-0.4, -0.2) is 38.5 Å². The van der Waals surface area contributed by atoms with Gasteiger partial charge in [-0.1, -0.05) is 18.2 Å². The number of amides is 2. The molecule has 0 radical (unpaired) electrons. The van der Waals surface area contributed by atoms with E-state index in [0.29, 0.717) is 22.3 Å². The van der Waals surface area contributed by atoms with Gasteiger partial charge < -0.3 is 0 Å². The number of pyridine rings is 1. The first-order valence-corrected chi connectivity index (χ1v) is 8.62. The second-order valence-corrected chi connectivity index (χ2v) is 6.52. The van der Waals surface area contributed by atoms with Crippen molar-refractivity contribution in [2.24, 2.45) is 0 Å². The van der Waals surface area contributed by atoms with E-state index in [0.717, 1.165) is 10.6 Å². The van der Waals surface area contributed by atoms with Crippen molar-refractivity contribution in [3.05, 3.63) is 77.7 Å². The minimum absolute atomic E-state index is 0.246. The van der Waals surface area contributed by atoms with Gasteiger partial charge in [0.05, 0.1) is 22.2 Å². The maximum atomic E-state index is 13.4. The van der Waals surface area contributed by atoms with Gasteiger partial charge in [-0.3, -0.25) is 14.5 Å². The van der Waals surface area contributed by atoms with Crippen molar-refractivity contribution in [1.29, 1.82) is 0 Å². The first-order chi connectivity index (χ1) is 13.6. The number of fused-ring (bicyclic) bond motifs is 3. The molecule has 5 rings (SSSR count). The molecule has 3 heterocycles. The average Bonchev–Trinajstić information content (AvgIpc) is 3.21. The Bertz CT molecular complexity index is 1260. The number of nitrogens with zero attached hydrogens (tertiary/aromatic N) is 4. The summed E-state index contributed by atoms with van der Waals surface area (Å²) in [5.41, 5.74) is 2.85. The maximum absolute atomic E-state index is 13.4. The molecule has 0 unspecified atom stereocenters. The fourth-order valence-corrected chi connectivity index (χ4v) is 3.47. The fraction of sp³-hybridized carbons (Fsp3) is 0.0476. The molecule has 0 fully saturated rings. The van der Waals surface area contributed by atoms with Crippen LogP contribution in [-0.2, 0) is 0 Å². The smallest absolute Gasteiger partial charge is 0.262 e. The Morgan fingerprint density at radius 3 is 2.36 bits per heavy atom. The minimum Gasteiger partial charge on any atom is -0.277 e. The zero-order valence-corrected chi connectivity index (χ0v) is 14.8. The highest BCUT2D eigenvalue weighted by Crippen LogP contribution is 2.36. The standard InChI is InChI=1S/C21H13FN4O2/c1-25-20(27)15-11-23-19-17(16(15)21(25)28)18(12-7-9-13(22)10-8-12)24-26(19)14-5-3-2-4-6-14/h2-11H,1H3. The summed E-state index contributed by atoms with van der Waals surface area (Å²) in [5, 5.41) is 5.15. The van der Waals surface area contributed by atoms with E-state index in [1.54, 1.807) is 16.8 Å². The highest BCUT2D eigenvalue weighted by molar-refractivity contribution is 6.27. The van der Waals surface area contributed by atoms with Crippen molar-refractivity contribution >= 4 is 22.8 Å². The van der Waals surface area contributed by atoms with E-state index >= 15 is 0 Å². The third-order valence-corrected chi connectivity index (χ3v) is 4.87. The van der Waals surface area contributed by atoms with Crippen LogP contribution in [0, 0.1) is 5.82 Å². The Labute approximate surface area is 158 Å². The highest BCUT2D eigenvalue weighted by atomic mass is 19.1. The largest absolute Gasteiger partial charge is 0.277 e. The van der Waals surface area contributed by atoms with Crippen LogP contribution in [0.1, 0.15) is 20.7 Å². The molecule has 6 nitrogen and oxygen atoms in total. The lowest BCUT2D eigenvalue weighted by Gasteiger charge is -2.03. The molecule has 136 valence electrons. The molecule has 0 atom stereocenters. The number of hydrogen-bond acceptors (Lipinski definition) is 4. The Hall–Kier alpha value is -3.87. The first-order valence-electron chi connectivity index (χ1n) is 8.62. The van der Waals surface area contributed by atoms with Gasteiger partial charge in [0.25, 0.3) is 11.8 Å². The van der Waals surface area contributed by atoms with Crippen LogP contribution < -0.4 is 0 Å². The molecule has 0 aliphatic carbocycles. The summed E-state index contributed by atoms with van der Waals surface area (Å²) in [6, 6.07) is 15.2. The summed E-state index contributed by atoms with van der Waals surface area (Å²) in [6.45, 7) is 0. The second-order valence-electron chi connectivity index (χ2n) is 6.52. The van der Waals surface area contributed by atoms with Gasteiger partial charge in [0.2, 0.25) is 0 Å². The molecule has 4 aromatic rings. The molecule has 0 N–H and O–H groups in total. The van der Waals surface area contributed by atoms with Gasteiger partial charge in [-0.25, -0.2) is 14.1 Å². The molecule has 0 bridgehead atoms. The number of carbonyl (C=O) groups is 2. The van der Waals surface area contributed by atoms with E-state index in [1.165, 1.54) is 25.4 Å². The third-order valence-electron chi connectivity index (χ3n) is 4.87. The number of aromatic nitrogens is 3. The normalized spacial score (nSPS) is 13.4. The average molecular weight is 372 g/mol. The lowest BCUT2D eigenvalue weighted by Crippen LogP contribution is -2.24. The highest BCUT2D eigenvalue weighted by Gasteiger charge is 2.37. The third kappa shape index (κ3) is 2.19. The van der Waals surface area contributed by atoms with E-state index < -0.39 is 11.8 Å². The second kappa shape index (κ2) is 5.82. The summed E-state index contributed by atoms with van der Waals surface area (Å²) >= 11 is 0. The Kier molecular flexibility index (Phi) is 3.39. The number of hydrogen-bond donors (Lipinski definition) is 0. The van der Waals surface area contributed by atoms with Gasteiger partial charge in [0.15, 0.2) is 5.65 Å². The fourth-order valence-electron chi connectivity index (χ4n) is 3.47. The van der Waals surface area contributed by atoms with Crippen LogP contribution in [0.5, 0.6) is 0 Å². The van der Waals surface area contributed by atoms with Crippen LogP contribution in [0.3, 0.4) is 0 Å². The molecule has 1 aliphatic rings. The molecule has 28 heavy (non-hydrogen) atoms. The zero-order valence-electron chi connectivity index (χ0n) is 14.8. The zero-order chi connectivity index (χ0) is 19.4. The Balaban J connectivity index is 1.90. The van der Waals surface area contributed by atoms with Crippen molar-refractivity contribution in [2.45, 2.75) is 0 Å². The number of halogens is 1. The minimum atomic E-state index is -0.400. The Morgan fingerprint density at radius 1 is 0.929 bits per heavy atom. The van der Waals surface area contributed by atoms with Gasteiger partial charge in [-0.2, -0.15) is 5.10 Å². The monoisotopic (exact) mass is 372 g/mol. The number of imide groups is 1. The molecule has 7 heteroatoms. The van der Waals surface area contributed by atoms with Crippen LogP contribution in [0.15, 0.2) is 60.8 Å². The van der Waals surface area contributed by atoms with Crippen molar-refractivity contribution in [1.82, 2.24) is 19.7 Å². The van der Waals surface area contributed by atoms with Gasteiger partial charge in [0, 0.05) is 18.8 Å². The number of carbonyl (C=O) groups excluding carboxylic acids is 2. The predicted molar refractivity (Wildman–Crippen MR) is 101 cm³/mol. The quantitative estimate of drug-likeness (QED) is 0.506. The molecule has 2 amide bonds. The molecular formula is C21H13FN4O2. The van der Waals surface area contributed by atoms with Crippen LogP contribution >= 0.6 is 0 Å². The van der Waals surface area contributed by atoms with Gasteiger partial charge in [0.1, 0.15) is 11.5 Å². The van der Waals surface area contributed by atoms with Crippen molar-refractivity contribution in [3.63, 3.8) is 0 Å². The van der Waals surface area contributed by atoms with Gasteiger partial charge in [-0.15, -0.1) is 0 Å². The summed E-state index contributed by atoms with van der Waals surface area (Å²) in [7, 11) is 1.44. The van der Waals surface area contributed by atoms with Crippen LogP contribution in [0.25, 0.3) is 28.0 Å². The number of rotatable bonds is 2. The summed E-state index contributed by atoms with van der Waals surface area (Å²) in [6.07, 6.45) is 1.41. The maximum Gasteiger partial charge on any atom is 0.262 e. The molecule has 1 aliphatic heterocycles. The molecule has 2 aromatic carbocycles. The molecule has 0 spiro atoms. The predicted octanol–water partition coefficient (Wildman–Crippen LogP) is 3.45. The molecular weight excluding hydrogens is 359 g/mol. The SMILES string of the molecule is CN1C(=O)c2cnc3c(c(-c4ccc(F)cc4)nn3-c3ccccc3)c2C1=O. The van der Waals surface area contributed by atoms with E-state index in [-0.39, 0.29) is 16.9 Å². The van der Waals surface area contributed by atoms with E-state index in [2.05, 4.69) is 10.1 Å². The van der Waals surface area contributed by atoms with E-state index in [9.17, 15) is 14.0 Å².